The Morgan fingerprint density at radius 3 is 2.75 bits per heavy atom. The Morgan fingerprint density at radius 2 is 2.06 bits per heavy atom. The van der Waals surface area contributed by atoms with E-state index in [0.29, 0.717) is 0 Å². The molecule has 0 bridgehead atoms. The zero-order valence-electron chi connectivity index (χ0n) is 8.29. The van der Waals surface area contributed by atoms with E-state index in [1.54, 1.807) is 12.1 Å². The largest absolute Gasteiger partial charge is 0.458 e. The van der Waals surface area contributed by atoms with Crippen LogP contribution in [-0.2, 0) is 9.53 Å². The summed E-state index contributed by atoms with van der Waals surface area (Å²) in [5.41, 5.74) is 3.40. The molecule has 1 aromatic carbocycles. The Hall–Kier alpha value is -2.24. The van der Waals surface area contributed by atoms with E-state index in [-0.39, 0.29) is 12.3 Å². The van der Waals surface area contributed by atoms with E-state index < -0.39 is 12.0 Å². The molecule has 0 aliphatic carbocycles. The second-order valence-electron chi connectivity index (χ2n) is 3.19. The fourth-order valence-electron chi connectivity index (χ4n) is 1.28. The van der Waals surface area contributed by atoms with E-state index in [1.165, 1.54) is 0 Å². The first-order valence-electron chi connectivity index (χ1n) is 4.69. The van der Waals surface area contributed by atoms with Gasteiger partial charge in [0, 0.05) is 0 Å². The molecule has 1 saturated heterocycles. The van der Waals surface area contributed by atoms with Gasteiger partial charge in [0.05, 0.1) is 5.69 Å². The molecule has 0 amide bonds. The minimum Gasteiger partial charge on any atom is -0.458 e. The Labute approximate surface area is 91.3 Å². The van der Waals surface area contributed by atoms with Crippen molar-refractivity contribution in [3.8, 4) is 0 Å². The van der Waals surface area contributed by atoms with E-state index in [2.05, 4.69) is 20.4 Å². The summed E-state index contributed by atoms with van der Waals surface area (Å²) in [6.07, 6.45) is 0. The predicted octanol–water partition coefficient (Wildman–Crippen LogP) is 1.15. The molecule has 6 heteroatoms. The van der Waals surface area contributed by atoms with Crippen LogP contribution in [0.5, 0.6) is 0 Å². The van der Waals surface area contributed by atoms with Crippen molar-refractivity contribution >= 4 is 17.4 Å². The van der Waals surface area contributed by atoms with Gasteiger partial charge in [-0.1, -0.05) is 23.4 Å². The molecule has 16 heavy (non-hydrogen) atoms. The smallest absolute Gasteiger partial charge is 0.357 e. The molecule has 0 saturated carbocycles. The third-order valence-corrected chi connectivity index (χ3v) is 2.10. The molecule has 1 aliphatic rings. The van der Waals surface area contributed by atoms with Crippen LogP contribution >= 0.6 is 0 Å². The number of carbonyl (C=O) groups excluding carboxylic acids is 1. The highest BCUT2D eigenvalue weighted by molar-refractivity contribution is 6.40. The molecule has 1 unspecified atom stereocenters. The fourth-order valence-corrected chi connectivity index (χ4v) is 1.28. The summed E-state index contributed by atoms with van der Waals surface area (Å²) in [5, 5.41) is 6.59. The van der Waals surface area contributed by atoms with Crippen LogP contribution in [-0.4, -0.2) is 24.3 Å². The van der Waals surface area contributed by atoms with Crippen LogP contribution in [0.25, 0.3) is 0 Å². The van der Waals surface area contributed by atoms with Crippen LogP contribution in [0, 0.1) is 4.91 Å². The molecule has 1 aliphatic heterocycles. The minimum absolute atomic E-state index is 0.0128. The van der Waals surface area contributed by atoms with Gasteiger partial charge in [-0.2, -0.15) is 5.10 Å². The van der Waals surface area contributed by atoms with Gasteiger partial charge in [-0.25, -0.2) is 4.79 Å². The quantitative estimate of drug-likeness (QED) is 0.469. The van der Waals surface area contributed by atoms with Crippen molar-refractivity contribution < 1.29 is 9.53 Å². The predicted molar refractivity (Wildman–Crippen MR) is 58.0 cm³/mol. The maximum atomic E-state index is 11.2. The summed E-state index contributed by atoms with van der Waals surface area (Å²) in [4.78, 5) is 21.6. The van der Waals surface area contributed by atoms with Crippen LogP contribution in [0.15, 0.2) is 40.6 Å². The van der Waals surface area contributed by atoms with Crippen molar-refractivity contribution in [2.75, 3.05) is 12.0 Å². The number of benzene rings is 1. The summed E-state index contributed by atoms with van der Waals surface area (Å²) in [7, 11) is 0. The molecule has 1 atom stereocenters. The number of hydrazone groups is 1. The Kier molecular flexibility index (Phi) is 2.90. The second kappa shape index (κ2) is 4.52. The Balaban J connectivity index is 2.12. The molecule has 6 nitrogen and oxygen atoms in total. The Morgan fingerprint density at radius 1 is 1.31 bits per heavy atom. The molecule has 0 radical (unpaired) electrons. The number of nitrogens with one attached hydrogen (secondary N) is 1. The first-order chi connectivity index (χ1) is 7.81. The van der Waals surface area contributed by atoms with Gasteiger partial charge in [-0.15, -0.1) is 4.91 Å². The molecule has 1 fully saturated rings. The van der Waals surface area contributed by atoms with Crippen LogP contribution < -0.4 is 5.43 Å². The lowest BCUT2D eigenvalue weighted by atomic mass is 10.2. The van der Waals surface area contributed by atoms with Gasteiger partial charge in [0.25, 0.3) is 0 Å². The zero-order valence-corrected chi connectivity index (χ0v) is 8.29. The number of nitroso groups, excluding NO2 is 1. The minimum atomic E-state index is -0.816. The Bertz CT molecular complexity index is 430. The molecule has 82 valence electrons. The lowest BCUT2D eigenvalue weighted by Gasteiger charge is -2.00. The van der Waals surface area contributed by atoms with Crippen LogP contribution in [0.4, 0.5) is 5.69 Å². The molecular formula is C10H9N3O3. The van der Waals surface area contributed by atoms with Gasteiger partial charge in [-0.3, -0.25) is 5.43 Å². The normalized spacial score (nSPS) is 21.9. The van der Waals surface area contributed by atoms with Gasteiger partial charge < -0.3 is 4.74 Å². The molecule has 0 spiro atoms. The fraction of sp³-hybridized carbons (Fsp3) is 0.200. The lowest BCUT2D eigenvalue weighted by Crippen LogP contribution is -2.19. The number of nitrogens with zero attached hydrogens (tertiary/aromatic N) is 2. The van der Waals surface area contributed by atoms with Gasteiger partial charge >= 0.3 is 5.97 Å². The van der Waals surface area contributed by atoms with Crippen molar-refractivity contribution in [3.63, 3.8) is 0 Å². The average Bonchev–Trinajstić information content (AvgIpc) is 2.69. The zero-order chi connectivity index (χ0) is 11.4. The number of esters is 1. The highest BCUT2D eigenvalue weighted by atomic mass is 16.5. The molecule has 2 rings (SSSR count). The number of hydrogen-bond donors (Lipinski definition) is 1. The van der Waals surface area contributed by atoms with E-state index in [9.17, 15) is 9.70 Å². The molecule has 1 N–H and O–H groups in total. The van der Waals surface area contributed by atoms with Gasteiger partial charge in [0.2, 0.25) is 0 Å². The van der Waals surface area contributed by atoms with Gasteiger partial charge in [0.1, 0.15) is 6.61 Å². The van der Waals surface area contributed by atoms with E-state index in [0.717, 1.165) is 5.69 Å². The first kappa shape index (κ1) is 10.3. The molecule has 1 heterocycles. The summed E-state index contributed by atoms with van der Waals surface area (Å²) >= 11 is 0. The van der Waals surface area contributed by atoms with Crippen LogP contribution in [0.3, 0.4) is 0 Å². The number of cyclic esters (lactones) is 1. The SMILES string of the molecule is O=NC1COC(=O)C1=NNc1ccccc1. The maximum Gasteiger partial charge on any atom is 0.357 e. The standard InChI is InChI=1S/C10H9N3O3/c14-10-9(8(13-15)6-16-10)12-11-7-4-2-1-3-5-7/h1-5,8,11H,6H2. The number of rotatable bonds is 3. The van der Waals surface area contributed by atoms with Crippen molar-refractivity contribution in [3.05, 3.63) is 35.2 Å². The van der Waals surface area contributed by atoms with Crippen molar-refractivity contribution in [1.82, 2.24) is 0 Å². The number of carbonyl (C=O) groups is 1. The van der Waals surface area contributed by atoms with Crippen molar-refractivity contribution in [2.45, 2.75) is 6.04 Å². The second-order valence-corrected chi connectivity index (χ2v) is 3.19. The van der Waals surface area contributed by atoms with E-state index in [4.69, 9.17) is 0 Å². The topological polar surface area (TPSA) is 80.1 Å². The molecular weight excluding hydrogens is 210 g/mol. The lowest BCUT2D eigenvalue weighted by molar-refractivity contribution is -0.132. The first-order valence-corrected chi connectivity index (χ1v) is 4.69. The summed E-state index contributed by atoms with van der Waals surface area (Å²) < 4.78 is 4.65. The highest BCUT2D eigenvalue weighted by Gasteiger charge is 2.33. The molecule has 0 aromatic heterocycles. The molecule has 1 aromatic rings. The average molecular weight is 219 g/mol. The number of para-hydroxylation sites is 1. The summed E-state index contributed by atoms with van der Waals surface area (Å²) in [5.74, 6) is -0.604. The van der Waals surface area contributed by atoms with E-state index >= 15 is 0 Å². The summed E-state index contributed by atoms with van der Waals surface area (Å²) in [6, 6.07) is 8.26. The summed E-state index contributed by atoms with van der Waals surface area (Å²) in [6.45, 7) is -0.0301. The number of anilines is 1. The van der Waals surface area contributed by atoms with Gasteiger partial charge in [-0.05, 0) is 12.1 Å². The number of hydrogen-bond acceptors (Lipinski definition) is 6. The number of ether oxygens (including phenoxy) is 1. The third kappa shape index (κ3) is 2.05. The van der Waals surface area contributed by atoms with Gasteiger partial charge in [0.15, 0.2) is 11.8 Å². The van der Waals surface area contributed by atoms with E-state index in [1.807, 2.05) is 18.2 Å². The third-order valence-electron chi connectivity index (χ3n) is 2.10. The van der Waals surface area contributed by atoms with Crippen LogP contribution in [0.1, 0.15) is 0 Å². The van der Waals surface area contributed by atoms with Crippen LogP contribution in [0.2, 0.25) is 0 Å². The van der Waals surface area contributed by atoms with Crippen molar-refractivity contribution in [1.29, 1.82) is 0 Å². The maximum absolute atomic E-state index is 11.2. The highest BCUT2D eigenvalue weighted by Crippen LogP contribution is 2.10. The van der Waals surface area contributed by atoms with Crippen molar-refractivity contribution in [2.24, 2.45) is 10.3 Å². The monoisotopic (exact) mass is 219 g/mol.